The summed E-state index contributed by atoms with van der Waals surface area (Å²) in [6.45, 7) is 2.66. The maximum absolute atomic E-state index is 12.7. The van der Waals surface area contributed by atoms with Crippen LogP contribution in [0.15, 0.2) is 18.2 Å². The molecule has 2 aliphatic heterocycles. The van der Waals surface area contributed by atoms with E-state index in [2.05, 4.69) is 15.4 Å². The fourth-order valence-electron chi connectivity index (χ4n) is 3.15. The van der Waals surface area contributed by atoms with E-state index in [1.165, 1.54) is 25.9 Å². The molecule has 11 heteroatoms. The molecule has 0 aromatic heterocycles. The van der Waals surface area contributed by atoms with E-state index in [4.69, 9.17) is 4.74 Å². The monoisotopic (exact) mass is 410 g/mol. The summed E-state index contributed by atoms with van der Waals surface area (Å²) in [7, 11) is -2.16. The smallest absolute Gasteiger partial charge is 0.322 e. The molecule has 3 rings (SSSR count). The van der Waals surface area contributed by atoms with Crippen LogP contribution in [0, 0.1) is 0 Å². The second-order valence-electron chi connectivity index (χ2n) is 7.09. The summed E-state index contributed by atoms with van der Waals surface area (Å²) in [4.78, 5) is 38.3. The largest absolute Gasteiger partial charge is 0.497 e. The lowest BCUT2D eigenvalue weighted by atomic mass is 9.99. The van der Waals surface area contributed by atoms with E-state index in [1.807, 2.05) is 0 Å². The third-order valence-corrected chi connectivity index (χ3v) is 6.65. The van der Waals surface area contributed by atoms with E-state index in [1.54, 1.807) is 18.2 Å². The van der Waals surface area contributed by atoms with Gasteiger partial charge in [-0.3, -0.25) is 14.9 Å². The number of carbonyl (C=O) groups excluding carboxylic acids is 3. The van der Waals surface area contributed by atoms with Crippen LogP contribution in [0.4, 0.5) is 4.79 Å². The number of hydrogen-bond acceptors (Lipinski definition) is 6. The minimum absolute atomic E-state index is 0.180. The Hall–Kier alpha value is -2.66. The lowest BCUT2D eigenvalue weighted by Gasteiger charge is -2.31. The molecular weight excluding hydrogens is 388 g/mol. The van der Waals surface area contributed by atoms with E-state index < -0.39 is 32.8 Å². The van der Waals surface area contributed by atoms with Crippen LogP contribution in [-0.2, 0) is 21.4 Å². The van der Waals surface area contributed by atoms with E-state index in [9.17, 15) is 22.8 Å². The number of sulfonamides is 1. The maximum Gasteiger partial charge on any atom is 0.322 e. The Kier molecular flexibility index (Phi) is 5.06. The molecule has 0 aliphatic carbocycles. The standard InChI is InChI=1S/C17H22N4O6S/c1-10(2)28(25,26)18-8-17(15(23)19-16(24)20-17)9-21-7-11-6-12(27-3)4-5-13(11)14(21)22/h4-6,10,18H,7-9H2,1-3H3,(H2,19,20,23,24). The van der Waals surface area contributed by atoms with Gasteiger partial charge < -0.3 is 15.0 Å². The molecule has 152 valence electrons. The number of fused-ring (bicyclic) bond motifs is 1. The van der Waals surface area contributed by atoms with Crippen LogP contribution in [0.1, 0.15) is 29.8 Å². The van der Waals surface area contributed by atoms with Crippen LogP contribution in [0.2, 0.25) is 0 Å². The first kappa shape index (κ1) is 20.1. The molecule has 0 saturated carbocycles. The average Bonchev–Trinajstić information content (AvgIpc) is 3.09. The van der Waals surface area contributed by atoms with E-state index in [-0.39, 0.29) is 25.5 Å². The zero-order valence-electron chi connectivity index (χ0n) is 15.7. The number of amides is 4. The molecule has 28 heavy (non-hydrogen) atoms. The lowest BCUT2D eigenvalue weighted by Crippen LogP contribution is -2.61. The Bertz CT molecular complexity index is 945. The topological polar surface area (TPSA) is 134 Å². The van der Waals surface area contributed by atoms with E-state index >= 15 is 0 Å². The molecule has 1 atom stereocenters. The van der Waals surface area contributed by atoms with Crippen molar-refractivity contribution in [2.24, 2.45) is 0 Å². The predicted molar refractivity (Wildman–Crippen MR) is 99.2 cm³/mol. The molecule has 1 aromatic carbocycles. The highest BCUT2D eigenvalue weighted by Crippen LogP contribution is 2.28. The number of hydrogen-bond donors (Lipinski definition) is 3. The first-order valence-electron chi connectivity index (χ1n) is 8.66. The molecule has 0 spiro atoms. The second kappa shape index (κ2) is 7.06. The fraction of sp³-hybridized carbons (Fsp3) is 0.471. The van der Waals surface area contributed by atoms with Crippen LogP contribution in [-0.4, -0.2) is 62.2 Å². The highest BCUT2D eigenvalue weighted by molar-refractivity contribution is 7.90. The van der Waals surface area contributed by atoms with Gasteiger partial charge in [0, 0.05) is 18.7 Å². The number of benzene rings is 1. The number of carbonyl (C=O) groups is 3. The zero-order valence-corrected chi connectivity index (χ0v) is 16.6. The van der Waals surface area contributed by atoms with Gasteiger partial charge in [0.25, 0.3) is 11.8 Å². The molecule has 3 N–H and O–H groups in total. The normalized spacial score (nSPS) is 21.7. The Morgan fingerprint density at radius 2 is 2.00 bits per heavy atom. The molecule has 1 saturated heterocycles. The van der Waals surface area contributed by atoms with Gasteiger partial charge in [-0.1, -0.05) is 0 Å². The van der Waals surface area contributed by atoms with Crippen molar-refractivity contribution in [3.63, 3.8) is 0 Å². The molecule has 0 bridgehead atoms. The van der Waals surface area contributed by atoms with Gasteiger partial charge in [0.1, 0.15) is 5.75 Å². The van der Waals surface area contributed by atoms with Gasteiger partial charge in [0.15, 0.2) is 5.54 Å². The van der Waals surface area contributed by atoms with Gasteiger partial charge in [-0.15, -0.1) is 0 Å². The van der Waals surface area contributed by atoms with E-state index in [0.29, 0.717) is 11.3 Å². The van der Waals surface area contributed by atoms with Crippen LogP contribution in [0.3, 0.4) is 0 Å². The van der Waals surface area contributed by atoms with Crippen molar-refractivity contribution in [2.45, 2.75) is 31.2 Å². The van der Waals surface area contributed by atoms with Gasteiger partial charge in [-0.05, 0) is 37.6 Å². The number of nitrogens with one attached hydrogen (secondary N) is 3. The zero-order chi connectivity index (χ0) is 20.7. The Balaban J connectivity index is 1.84. The van der Waals surface area contributed by atoms with Gasteiger partial charge in [-0.2, -0.15) is 0 Å². The minimum atomic E-state index is -3.68. The summed E-state index contributed by atoms with van der Waals surface area (Å²) in [6.07, 6.45) is 0. The number of methoxy groups -OCH3 is 1. The molecule has 1 fully saturated rings. The molecule has 1 unspecified atom stereocenters. The van der Waals surface area contributed by atoms with Crippen molar-refractivity contribution in [1.82, 2.24) is 20.3 Å². The van der Waals surface area contributed by atoms with Crippen molar-refractivity contribution in [2.75, 3.05) is 20.2 Å². The number of nitrogens with zero attached hydrogens (tertiary/aromatic N) is 1. The van der Waals surface area contributed by atoms with Crippen LogP contribution < -0.4 is 20.1 Å². The summed E-state index contributed by atoms with van der Waals surface area (Å²) in [5, 5.41) is 3.89. The Labute approximate surface area is 162 Å². The van der Waals surface area contributed by atoms with Gasteiger partial charge in [0.05, 0.1) is 18.9 Å². The van der Waals surface area contributed by atoms with Gasteiger partial charge >= 0.3 is 6.03 Å². The fourth-order valence-corrected chi connectivity index (χ4v) is 3.93. The van der Waals surface area contributed by atoms with Crippen molar-refractivity contribution >= 4 is 27.9 Å². The van der Waals surface area contributed by atoms with Crippen LogP contribution in [0.5, 0.6) is 5.75 Å². The summed E-state index contributed by atoms with van der Waals surface area (Å²) in [6, 6.07) is 4.29. The third-order valence-electron chi connectivity index (χ3n) is 4.86. The molecular formula is C17H22N4O6S. The van der Waals surface area contributed by atoms with Crippen molar-refractivity contribution in [3.05, 3.63) is 29.3 Å². The van der Waals surface area contributed by atoms with Crippen molar-refractivity contribution in [1.29, 1.82) is 0 Å². The average molecular weight is 410 g/mol. The summed E-state index contributed by atoms with van der Waals surface area (Å²) >= 11 is 0. The Morgan fingerprint density at radius 3 is 2.57 bits per heavy atom. The SMILES string of the molecule is COc1ccc2c(c1)CN(CC1(CNS(=O)(=O)C(C)C)NC(=O)NC1=O)C2=O. The number of rotatable bonds is 7. The first-order valence-corrected chi connectivity index (χ1v) is 10.2. The highest BCUT2D eigenvalue weighted by atomic mass is 32.2. The number of ether oxygens (including phenoxy) is 1. The van der Waals surface area contributed by atoms with E-state index in [0.717, 1.165) is 5.56 Å². The summed E-state index contributed by atoms with van der Waals surface area (Å²) in [5.41, 5.74) is -0.392. The molecule has 1 aromatic rings. The molecule has 10 nitrogen and oxygen atoms in total. The minimum Gasteiger partial charge on any atom is -0.497 e. The number of urea groups is 1. The summed E-state index contributed by atoms with van der Waals surface area (Å²) in [5.74, 6) is -0.400. The maximum atomic E-state index is 12.7. The van der Waals surface area contributed by atoms with Crippen molar-refractivity contribution in [3.8, 4) is 5.75 Å². The highest BCUT2D eigenvalue weighted by Gasteiger charge is 2.49. The van der Waals surface area contributed by atoms with Gasteiger partial charge in [-0.25, -0.2) is 17.9 Å². The quantitative estimate of drug-likeness (QED) is 0.522. The number of imide groups is 1. The molecule has 0 radical (unpaired) electrons. The van der Waals surface area contributed by atoms with Crippen LogP contribution in [0.25, 0.3) is 0 Å². The van der Waals surface area contributed by atoms with Crippen molar-refractivity contribution < 1.29 is 27.5 Å². The second-order valence-corrected chi connectivity index (χ2v) is 9.41. The van der Waals surface area contributed by atoms with Gasteiger partial charge in [0.2, 0.25) is 10.0 Å². The molecule has 2 heterocycles. The first-order chi connectivity index (χ1) is 13.1. The molecule has 4 amide bonds. The Morgan fingerprint density at radius 1 is 1.29 bits per heavy atom. The predicted octanol–water partition coefficient (Wildman–Crippen LogP) is -0.443. The lowest BCUT2D eigenvalue weighted by molar-refractivity contribution is -0.124. The third kappa shape index (κ3) is 3.54. The molecule has 2 aliphatic rings. The van der Waals surface area contributed by atoms with Crippen LogP contribution >= 0.6 is 0 Å². The summed E-state index contributed by atoms with van der Waals surface area (Å²) < 4.78 is 31.8.